The minimum absolute atomic E-state index is 0. The van der Waals surface area contributed by atoms with Gasteiger partial charge in [-0.3, -0.25) is 0 Å². The first-order valence-electron chi connectivity index (χ1n) is 6.20. The number of hydrogen-bond donors (Lipinski definition) is 1. The zero-order chi connectivity index (χ0) is 19.8. The summed E-state index contributed by atoms with van der Waals surface area (Å²) >= 11 is 0. The predicted molar refractivity (Wildman–Crippen MR) is 65.3 cm³/mol. The summed E-state index contributed by atoms with van der Waals surface area (Å²) in [5.74, 6) is -14.5. The Hall–Kier alpha value is -0.0300. The van der Waals surface area contributed by atoms with Crippen LogP contribution in [0, 0.1) is 0 Å². The maximum atomic E-state index is 13.3. The SMILES string of the molecule is C[N+](C)(C)CCCNS(=O)(=O)C(F)(F)C(F)(F)C(F)(F)C(F)(F)F.[I-]. The van der Waals surface area contributed by atoms with E-state index < -0.39 is 39.8 Å². The van der Waals surface area contributed by atoms with E-state index in [1.807, 2.05) is 0 Å². The lowest BCUT2D eigenvalue weighted by atomic mass is 10.1. The molecule has 154 valence electrons. The van der Waals surface area contributed by atoms with E-state index in [1.165, 1.54) is 0 Å². The van der Waals surface area contributed by atoms with Crippen molar-refractivity contribution in [3.8, 4) is 0 Å². The van der Waals surface area contributed by atoms with Crippen molar-refractivity contribution in [1.82, 2.24) is 4.72 Å². The van der Waals surface area contributed by atoms with E-state index in [0.717, 1.165) is 4.72 Å². The predicted octanol–water partition coefficient (Wildman–Crippen LogP) is -0.568. The summed E-state index contributed by atoms with van der Waals surface area (Å²) in [6, 6.07) is 0. The molecule has 0 aromatic rings. The number of nitrogens with zero attached hydrogens (tertiary/aromatic N) is 1. The van der Waals surface area contributed by atoms with Crippen LogP contribution in [0.25, 0.3) is 0 Å². The van der Waals surface area contributed by atoms with Crippen LogP contribution in [0.3, 0.4) is 0 Å². The first-order valence-corrected chi connectivity index (χ1v) is 7.69. The summed E-state index contributed by atoms with van der Waals surface area (Å²) < 4.78 is 137. The van der Waals surface area contributed by atoms with Gasteiger partial charge >= 0.3 is 23.3 Å². The molecule has 0 amide bonds. The Bertz CT molecular complexity index is 544. The number of rotatable bonds is 8. The van der Waals surface area contributed by atoms with Gasteiger partial charge in [0.1, 0.15) is 0 Å². The van der Waals surface area contributed by atoms with Crippen molar-refractivity contribution in [1.29, 1.82) is 0 Å². The molecule has 0 aliphatic carbocycles. The zero-order valence-corrected chi connectivity index (χ0v) is 16.0. The van der Waals surface area contributed by atoms with E-state index in [-0.39, 0.29) is 41.4 Å². The number of alkyl halides is 9. The van der Waals surface area contributed by atoms with Crippen LogP contribution in [-0.2, 0) is 10.0 Å². The molecule has 0 radical (unpaired) electrons. The molecule has 4 nitrogen and oxygen atoms in total. The maximum absolute atomic E-state index is 13.3. The van der Waals surface area contributed by atoms with Crippen LogP contribution in [0.5, 0.6) is 0 Å². The van der Waals surface area contributed by atoms with E-state index in [1.54, 1.807) is 21.1 Å². The van der Waals surface area contributed by atoms with Crippen molar-refractivity contribution in [2.45, 2.75) is 29.7 Å². The van der Waals surface area contributed by atoms with Gasteiger partial charge in [-0.15, -0.1) is 0 Å². The van der Waals surface area contributed by atoms with E-state index in [2.05, 4.69) is 0 Å². The zero-order valence-electron chi connectivity index (χ0n) is 13.1. The summed E-state index contributed by atoms with van der Waals surface area (Å²) in [6.45, 7) is -0.662. The van der Waals surface area contributed by atoms with Gasteiger partial charge in [-0.1, -0.05) is 0 Å². The van der Waals surface area contributed by atoms with Crippen molar-refractivity contribution >= 4 is 10.0 Å². The number of sulfonamides is 1. The Morgan fingerprint density at radius 3 is 1.56 bits per heavy atom. The molecule has 0 bridgehead atoms. The van der Waals surface area contributed by atoms with Crippen LogP contribution in [0.4, 0.5) is 39.5 Å². The van der Waals surface area contributed by atoms with E-state index in [4.69, 9.17) is 0 Å². The molecule has 0 saturated heterocycles. The average molecular weight is 526 g/mol. The minimum atomic E-state index is -7.25. The third kappa shape index (κ3) is 5.72. The molecule has 0 fully saturated rings. The molecule has 0 atom stereocenters. The van der Waals surface area contributed by atoms with Crippen molar-refractivity contribution in [2.24, 2.45) is 0 Å². The van der Waals surface area contributed by atoms with Crippen LogP contribution >= 0.6 is 0 Å². The summed E-state index contributed by atoms with van der Waals surface area (Å²) in [7, 11) is -1.62. The fourth-order valence-corrected chi connectivity index (χ4v) is 2.44. The molecule has 0 rings (SSSR count). The monoisotopic (exact) mass is 526 g/mol. The van der Waals surface area contributed by atoms with Crippen LogP contribution < -0.4 is 28.7 Å². The van der Waals surface area contributed by atoms with Crippen molar-refractivity contribution in [3.63, 3.8) is 0 Å². The van der Waals surface area contributed by atoms with Gasteiger partial charge in [0.15, 0.2) is 0 Å². The molecule has 0 aliphatic rings. The normalized spacial score (nSPS) is 15.0. The van der Waals surface area contributed by atoms with Crippen LogP contribution in [0.1, 0.15) is 6.42 Å². The van der Waals surface area contributed by atoms with E-state index in [0.29, 0.717) is 0 Å². The highest BCUT2D eigenvalue weighted by Crippen LogP contribution is 2.54. The molecule has 0 heterocycles. The Morgan fingerprint density at radius 2 is 1.24 bits per heavy atom. The summed E-state index contributed by atoms with van der Waals surface area (Å²) in [5, 5.41) is -6.68. The van der Waals surface area contributed by atoms with Crippen molar-refractivity contribution in [2.75, 3.05) is 34.2 Å². The largest absolute Gasteiger partial charge is 1.00 e. The molecule has 0 aromatic carbocycles. The molecule has 0 saturated carbocycles. The van der Waals surface area contributed by atoms with Gasteiger partial charge in [0, 0.05) is 13.0 Å². The minimum Gasteiger partial charge on any atom is -1.00 e. The summed E-state index contributed by atoms with van der Waals surface area (Å²) in [5.41, 5.74) is 0. The van der Waals surface area contributed by atoms with Gasteiger partial charge in [0.25, 0.3) is 10.0 Å². The summed E-state index contributed by atoms with van der Waals surface area (Å²) in [4.78, 5) is 0. The number of quaternary nitrogens is 1. The van der Waals surface area contributed by atoms with Gasteiger partial charge < -0.3 is 28.5 Å². The summed E-state index contributed by atoms with van der Waals surface area (Å²) in [6.07, 6.45) is -7.22. The lowest BCUT2D eigenvalue weighted by Gasteiger charge is -2.33. The highest BCUT2D eigenvalue weighted by Gasteiger charge is 2.85. The van der Waals surface area contributed by atoms with Crippen LogP contribution in [-0.4, -0.2) is 70.4 Å². The van der Waals surface area contributed by atoms with E-state index >= 15 is 0 Å². The molecule has 0 unspecified atom stereocenters. The number of halogens is 10. The fourth-order valence-electron chi connectivity index (χ4n) is 1.38. The molecular formula is C10H16F9IN2O2S. The van der Waals surface area contributed by atoms with Gasteiger partial charge in [-0.25, -0.2) is 13.1 Å². The standard InChI is InChI=1S/C10H16F9N2O2S.HI/c1-21(2,3)6-4-5-20-24(22,23)10(18,19)8(13,14)7(11,12)9(15,16)17;/h20H,4-6H2,1-3H3;1H/q+1;/p-1. The third-order valence-corrected chi connectivity index (χ3v) is 4.27. The Kier molecular flexibility index (Phi) is 8.61. The first kappa shape index (κ1) is 27.2. The number of nitrogens with one attached hydrogen (secondary N) is 1. The third-order valence-electron chi connectivity index (χ3n) is 2.75. The van der Waals surface area contributed by atoms with E-state index in [9.17, 15) is 47.9 Å². The van der Waals surface area contributed by atoms with Crippen molar-refractivity contribution < 1.29 is 76.4 Å². The maximum Gasteiger partial charge on any atom is 0.460 e. The quantitative estimate of drug-likeness (QED) is 0.200. The second-order valence-electron chi connectivity index (χ2n) is 5.93. The van der Waals surface area contributed by atoms with Gasteiger partial charge in [0.05, 0.1) is 27.7 Å². The molecule has 0 spiro atoms. The Labute approximate surface area is 155 Å². The smallest absolute Gasteiger partial charge is 0.460 e. The lowest BCUT2D eigenvalue weighted by molar-refractivity contribution is -0.870. The highest BCUT2D eigenvalue weighted by molar-refractivity contribution is 7.90. The second-order valence-corrected chi connectivity index (χ2v) is 7.74. The Balaban J connectivity index is 0. The van der Waals surface area contributed by atoms with Gasteiger partial charge in [0.2, 0.25) is 0 Å². The lowest BCUT2D eigenvalue weighted by Crippen LogP contribution is -3.00. The second kappa shape index (κ2) is 7.92. The van der Waals surface area contributed by atoms with Gasteiger partial charge in [-0.2, -0.15) is 39.5 Å². The molecule has 0 aromatic heterocycles. The first-order chi connectivity index (χ1) is 10.2. The van der Waals surface area contributed by atoms with Crippen LogP contribution in [0.15, 0.2) is 0 Å². The van der Waals surface area contributed by atoms with Crippen molar-refractivity contribution in [3.05, 3.63) is 0 Å². The molecule has 15 heteroatoms. The Morgan fingerprint density at radius 1 is 0.840 bits per heavy atom. The highest BCUT2D eigenvalue weighted by atomic mass is 127. The molecule has 1 N–H and O–H groups in total. The molecule has 0 aliphatic heterocycles. The fraction of sp³-hybridized carbons (Fsp3) is 1.00. The average Bonchev–Trinajstić information content (AvgIpc) is 2.31. The van der Waals surface area contributed by atoms with Gasteiger partial charge in [-0.05, 0) is 0 Å². The topological polar surface area (TPSA) is 46.2 Å². The number of hydrogen-bond acceptors (Lipinski definition) is 2. The van der Waals surface area contributed by atoms with Crippen LogP contribution in [0.2, 0.25) is 0 Å². The molecular weight excluding hydrogens is 510 g/mol. The molecule has 25 heavy (non-hydrogen) atoms.